The number of rotatable bonds is 3. The average molecular weight is 197 g/mol. The highest BCUT2D eigenvalue weighted by molar-refractivity contribution is 5.48. The molecule has 0 bridgehead atoms. The summed E-state index contributed by atoms with van der Waals surface area (Å²) in [6, 6.07) is 11.4. The molecular formula is C13H11NO. The zero-order valence-electron chi connectivity index (χ0n) is 8.26. The van der Waals surface area contributed by atoms with Crippen molar-refractivity contribution in [2.75, 3.05) is 0 Å². The number of hydrogen-bond donors (Lipinski definition) is 0. The van der Waals surface area contributed by atoms with Crippen LogP contribution in [0.1, 0.15) is 5.56 Å². The zero-order valence-corrected chi connectivity index (χ0v) is 8.26. The summed E-state index contributed by atoms with van der Waals surface area (Å²) in [6.45, 7) is 3.69. The third-order valence-corrected chi connectivity index (χ3v) is 1.99. The first-order chi connectivity index (χ1) is 7.38. The van der Waals surface area contributed by atoms with E-state index in [0.29, 0.717) is 0 Å². The second kappa shape index (κ2) is 4.42. The highest BCUT2D eigenvalue weighted by atomic mass is 16.5. The third kappa shape index (κ3) is 2.44. The lowest BCUT2D eigenvalue weighted by molar-refractivity contribution is 0.480. The third-order valence-electron chi connectivity index (χ3n) is 1.99. The molecule has 2 heteroatoms. The van der Waals surface area contributed by atoms with E-state index in [2.05, 4.69) is 11.6 Å². The summed E-state index contributed by atoms with van der Waals surface area (Å²) < 4.78 is 5.58. The summed E-state index contributed by atoms with van der Waals surface area (Å²) >= 11 is 0. The van der Waals surface area contributed by atoms with Gasteiger partial charge in [0.2, 0.25) is 0 Å². The quantitative estimate of drug-likeness (QED) is 0.751. The molecule has 0 saturated heterocycles. The van der Waals surface area contributed by atoms with E-state index in [1.165, 1.54) is 0 Å². The molecule has 0 atom stereocenters. The van der Waals surface area contributed by atoms with Crippen molar-refractivity contribution in [1.29, 1.82) is 0 Å². The van der Waals surface area contributed by atoms with Gasteiger partial charge in [0.25, 0.3) is 0 Å². The van der Waals surface area contributed by atoms with Gasteiger partial charge in [-0.2, -0.15) is 0 Å². The summed E-state index contributed by atoms with van der Waals surface area (Å²) in [4.78, 5) is 3.97. The van der Waals surface area contributed by atoms with Crippen LogP contribution in [0, 0.1) is 0 Å². The molecule has 2 rings (SSSR count). The first-order valence-corrected chi connectivity index (χ1v) is 4.69. The van der Waals surface area contributed by atoms with Gasteiger partial charge in [0.05, 0.1) is 6.20 Å². The Morgan fingerprint density at radius 1 is 1.07 bits per heavy atom. The lowest BCUT2D eigenvalue weighted by Gasteiger charge is -2.04. The molecule has 0 radical (unpaired) electrons. The van der Waals surface area contributed by atoms with Gasteiger partial charge < -0.3 is 4.74 Å². The molecule has 0 unspecified atom stereocenters. The van der Waals surface area contributed by atoms with E-state index in [0.717, 1.165) is 17.1 Å². The lowest BCUT2D eigenvalue weighted by Crippen LogP contribution is -1.84. The number of benzene rings is 1. The maximum atomic E-state index is 5.58. The predicted octanol–water partition coefficient (Wildman–Crippen LogP) is 3.52. The molecule has 2 nitrogen and oxygen atoms in total. The standard InChI is InChI=1S/C13H11NO/c1-2-11-5-7-12(8-6-11)15-13-4-3-9-14-10-13/h2-10H,1H2. The van der Waals surface area contributed by atoms with E-state index < -0.39 is 0 Å². The zero-order chi connectivity index (χ0) is 10.5. The Kier molecular flexibility index (Phi) is 2.79. The Morgan fingerprint density at radius 3 is 2.47 bits per heavy atom. The molecule has 1 aromatic carbocycles. The van der Waals surface area contributed by atoms with Crippen LogP contribution in [0.5, 0.6) is 11.5 Å². The van der Waals surface area contributed by atoms with E-state index in [9.17, 15) is 0 Å². The van der Waals surface area contributed by atoms with Gasteiger partial charge in [0, 0.05) is 6.20 Å². The fourth-order valence-corrected chi connectivity index (χ4v) is 1.22. The SMILES string of the molecule is C=Cc1ccc(Oc2cccnc2)cc1. The van der Waals surface area contributed by atoms with Gasteiger partial charge in [-0.3, -0.25) is 4.98 Å². The molecular weight excluding hydrogens is 186 g/mol. The van der Waals surface area contributed by atoms with E-state index in [1.807, 2.05) is 36.4 Å². The van der Waals surface area contributed by atoms with E-state index >= 15 is 0 Å². The molecule has 1 aromatic heterocycles. The Bertz CT molecular complexity index is 434. The van der Waals surface area contributed by atoms with Gasteiger partial charge in [-0.15, -0.1) is 0 Å². The van der Waals surface area contributed by atoms with Crippen molar-refractivity contribution in [2.24, 2.45) is 0 Å². The Morgan fingerprint density at radius 2 is 1.87 bits per heavy atom. The van der Waals surface area contributed by atoms with E-state index in [1.54, 1.807) is 18.5 Å². The van der Waals surface area contributed by atoms with Crippen LogP contribution >= 0.6 is 0 Å². The van der Waals surface area contributed by atoms with E-state index in [-0.39, 0.29) is 0 Å². The maximum absolute atomic E-state index is 5.58. The predicted molar refractivity (Wildman–Crippen MR) is 60.8 cm³/mol. The van der Waals surface area contributed by atoms with Crippen molar-refractivity contribution in [3.05, 3.63) is 60.9 Å². The Labute approximate surface area is 88.9 Å². The molecule has 0 spiro atoms. The van der Waals surface area contributed by atoms with Crippen LogP contribution in [0.4, 0.5) is 0 Å². The molecule has 0 aliphatic carbocycles. The summed E-state index contributed by atoms with van der Waals surface area (Å²) in [5.41, 5.74) is 1.08. The highest BCUT2D eigenvalue weighted by Gasteiger charge is 1.95. The normalized spacial score (nSPS) is 9.60. The second-order valence-electron chi connectivity index (χ2n) is 3.06. The van der Waals surface area contributed by atoms with E-state index in [4.69, 9.17) is 4.74 Å². The average Bonchev–Trinajstić information content (AvgIpc) is 2.31. The fraction of sp³-hybridized carbons (Fsp3) is 0. The second-order valence-corrected chi connectivity index (χ2v) is 3.06. The number of nitrogens with zero attached hydrogens (tertiary/aromatic N) is 1. The van der Waals surface area contributed by atoms with Crippen molar-refractivity contribution in [3.8, 4) is 11.5 Å². The molecule has 0 fully saturated rings. The summed E-state index contributed by atoms with van der Waals surface area (Å²) in [5, 5.41) is 0. The minimum atomic E-state index is 0.740. The van der Waals surface area contributed by atoms with Crippen molar-refractivity contribution in [2.45, 2.75) is 0 Å². The first-order valence-electron chi connectivity index (χ1n) is 4.69. The summed E-state index contributed by atoms with van der Waals surface area (Å²) in [5.74, 6) is 1.54. The largest absolute Gasteiger partial charge is 0.456 e. The molecule has 0 aliphatic heterocycles. The molecule has 74 valence electrons. The van der Waals surface area contributed by atoms with Crippen molar-refractivity contribution < 1.29 is 4.74 Å². The minimum absolute atomic E-state index is 0.740. The van der Waals surface area contributed by atoms with Gasteiger partial charge >= 0.3 is 0 Å². The lowest BCUT2D eigenvalue weighted by atomic mass is 10.2. The highest BCUT2D eigenvalue weighted by Crippen LogP contribution is 2.20. The van der Waals surface area contributed by atoms with Gasteiger partial charge in [0.1, 0.15) is 11.5 Å². The molecule has 1 heterocycles. The number of hydrogen-bond acceptors (Lipinski definition) is 2. The van der Waals surface area contributed by atoms with Crippen LogP contribution < -0.4 is 4.74 Å². The molecule has 0 saturated carbocycles. The Balaban J connectivity index is 2.15. The van der Waals surface area contributed by atoms with Gasteiger partial charge in [-0.05, 0) is 29.8 Å². The number of pyridine rings is 1. The van der Waals surface area contributed by atoms with Crippen LogP contribution in [-0.2, 0) is 0 Å². The maximum Gasteiger partial charge on any atom is 0.145 e. The topological polar surface area (TPSA) is 22.1 Å². The fourth-order valence-electron chi connectivity index (χ4n) is 1.22. The van der Waals surface area contributed by atoms with Crippen LogP contribution in [0.3, 0.4) is 0 Å². The summed E-state index contributed by atoms with van der Waals surface area (Å²) in [6.07, 6.45) is 5.20. The van der Waals surface area contributed by atoms with Crippen molar-refractivity contribution >= 4 is 6.08 Å². The molecule has 2 aromatic rings. The van der Waals surface area contributed by atoms with Crippen molar-refractivity contribution in [1.82, 2.24) is 4.98 Å². The van der Waals surface area contributed by atoms with Crippen LogP contribution in [-0.4, -0.2) is 4.98 Å². The molecule has 0 amide bonds. The number of ether oxygens (including phenoxy) is 1. The van der Waals surface area contributed by atoms with Crippen LogP contribution in [0.25, 0.3) is 6.08 Å². The summed E-state index contributed by atoms with van der Waals surface area (Å²) in [7, 11) is 0. The van der Waals surface area contributed by atoms with Crippen LogP contribution in [0.2, 0.25) is 0 Å². The minimum Gasteiger partial charge on any atom is -0.456 e. The number of aromatic nitrogens is 1. The molecule has 0 N–H and O–H groups in total. The molecule has 0 aliphatic rings. The first kappa shape index (κ1) is 9.46. The smallest absolute Gasteiger partial charge is 0.145 e. The van der Waals surface area contributed by atoms with Gasteiger partial charge in [-0.25, -0.2) is 0 Å². The van der Waals surface area contributed by atoms with Crippen molar-refractivity contribution in [3.63, 3.8) is 0 Å². The van der Waals surface area contributed by atoms with Crippen LogP contribution in [0.15, 0.2) is 55.4 Å². The van der Waals surface area contributed by atoms with Gasteiger partial charge in [0.15, 0.2) is 0 Å². The Hall–Kier alpha value is -2.09. The molecule has 15 heavy (non-hydrogen) atoms. The monoisotopic (exact) mass is 197 g/mol. The van der Waals surface area contributed by atoms with Gasteiger partial charge in [-0.1, -0.05) is 24.8 Å².